The fraction of sp³-hybridized carbons (Fsp3) is 0.238. The van der Waals surface area contributed by atoms with Gasteiger partial charge in [0.05, 0.1) is 0 Å². The Balaban J connectivity index is 1.76. The van der Waals surface area contributed by atoms with Gasteiger partial charge in [0, 0.05) is 36.4 Å². The van der Waals surface area contributed by atoms with E-state index in [0.29, 0.717) is 12.5 Å². The molecule has 1 heterocycles. The van der Waals surface area contributed by atoms with Gasteiger partial charge in [-0.15, -0.1) is 0 Å². The molecule has 0 atom stereocenters. The molecule has 0 aliphatic rings. The van der Waals surface area contributed by atoms with Gasteiger partial charge in [0.25, 0.3) is 0 Å². The highest BCUT2D eigenvalue weighted by Crippen LogP contribution is 2.19. The Morgan fingerprint density at radius 1 is 1.00 bits per heavy atom. The van der Waals surface area contributed by atoms with Crippen LogP contribution in [0.5, 0.6) is 0 Å². The normalized spacial score (nSPS) is 10.6. The van der Waals surface area contributed by atoms with Gasteiger partial charge in [0.15, 0.2) is 0 Å². The number of halogens is 1. The van der Waals surface area contributed by atoms with Gasteiger partial charge in [-0.3, -0.25) is 0 Å². The minimum Gasteiger partial charge on any atom is -0.352 e. The number of aryl methyl sites for hydroxylation is 1. The van der Waals surface area contributed by atoms with Gasteiger partial charge < -0.3 is 10.2 Å². The van der Waals surface area contributed by atoms with Crippen LogP contribution in [0.4, 0.5) is 11.8 Å². The zero-order chi connectivity index (χ0) is 18.4. The lowest BCUT2D eigenvalue weighted by molar-refractivity contribution is 0.807. The van der Waals surface area contributed by atoms with E-state index in [1.165, 1.54) is 5.56 Å². The minimum absolute atomic E-state index is 0.591. The third kappa shape index (κ3) is 4.73. The molecular formula is C21H23ClN4. The third-order valence-corrected chi connectivity index (χ3v) is 4.53. The standard InChI is InChI=1S/C21H23ClN4/c1-3-26(15-17-9-5-4-6-10-17)20-13-16(2)24-21(25-20)23-14-18-11-7-8-12-19(18)22/h4-13H,3,14-15H2,1-2H3,(H,23,24,25). The van der Waals surface area contributed by atoms with Crippen molar-refractivity contribution in [2.45, 2.75) is 26.9 Å². The third-order valence-electron chi connectivity index (χ3n) is 4.16. The quantitative estimate of drug-likeness (QED) is 0.633. The van der Waals surface area contributed by atoms with Gasteiger partial charge in [-0.25, -0.2) is 4.98 Å². The van der Waals surface area contributed by atoms with Crippen LogP contribution in [-0.2, 0) is 13.1 Å². The van der Waals surface area contributed by atoms with E-state index in [1.54, 1.807) is 0 Å². The van der Waals surface area contributed by atoms with Gasteiger partial charge in [0.1, 0.15) is 5.82 Å². The first-order valence-corrected chi connectivity index (χ1v) is 9.15. The van der Waals surface area contributed by atoms with Gasteiger partial charge in [0.2, 0.25) is 5.95 Å². The number of nitrogens with zero attached hydrogens (tertiary/aromatic N) is 3. The second-order valence-electron chi connectivity index (χ2n) is 6.14. The molecule has 0 aliphatic carbocycles. The van der Waals surface area contributed by atoms with Crippen LogP contribution < -0.4 is 10.2 Å². The first-order valence-electron chi connectivity index (χ1n) is 8.77. The lowest BCUT2D eigenvalue weighted by Crippen LogP contribution is -2.24. The Morgan fingerprint density at radius 2 is 1.73 bits per heavy atom. The molecule has 5 heteroatoms. The summed E-state index contributed by atoms with van der Waals surface area (Å²) in [4.78, 5) is 11.5. The van der Waals surface area contributed by atoms with Crippen molar-refractivity contribution in [2.75, 3.05) is 16.8 Å². The summed E-state index contributed by atoms with van der Waals surface area (Å²) in [7, 11) is 0. The highest BCUT2D eigenvalue weighted by Gasteiger charge is 2.10. The number of rotatable bonds is 7. The molecule has 1 N–H and O–H groups in total. The molecule has 0 saturated heterocycles. The Hall–Kier alpha value is -2.59. The molecule has 0 bridgehead atoms. The predicted molar refractivity (Wildman–Crippen MR) is 109 cm³/mol. The number of aromatic nitrogens is 2. The van der Waals surface area contributed by atoms with Crippen molar-refractivity contribution in [1.29, 1.82) is 0 Å². The Labute approximate surface area is 159 Å². The highest BCUT2D eigenvalue weighted by molar-refractivity contribution is 6.31. The summed E-state index contributed by atoms with van der Waals surface area (Å²) in [6, 6.07) is 20.2. The van der Waals surface area contributed by atoms with E-state index in [0.717, 1.165) is 35.2 Å². The maximum absolute atomic E-state index is 6.23. The molecule has 3 aromatic rings. The van der Waals surface area contributed by atoms with Crippen LogP contribution in [0.15, 0.2) is 60.7 Å². The van der Waals surface area contributed by atoms with E-state index < -0.39 is 0 Å². The largest absolute Gasteiger partial charge is 0.352 e. The van der Waals surface area contributed by atoms with Crippen molar-refractivity contribution in [2.24, 2.45) is 0 Å². The van der Waals surface area contributed by atoms with Crippen LogP contribution in [0.2, 0.25) is 5.02 Å². The molecule has 3 rings (SSSR count). The van der Waals surface area contributed by atoms with Crippen LogP contribution in [0.1, 0.15) is 23.7 Å². The summed E-state index contributed by atoms with van der Waals surface area (Å²) in [5.41, 5.74) is 3.22. The zero-order valence-corrected chi connectivity index (χ0v) is 15.9. The Bertz CT molecular complexity index is 852. The van der Waals surface area contributed by atoms with Crippen molar-refractivity contribution < 1.29 is 0 Å². The Morgan fingerprint density at radius 3 is 2.46 bits per heavy atom. The molecule has 26 heavy (non-hydrogen) atoms. The van der Waals surface area contributed by atoms with Crippen molar-refractivity contribution in [3.63, 3.8) is 0 Å². The van der Waals surface area contributed by atoms with E-state index in [1.807, 2.05) is 43.3 Å². The molecule has 0 aliphatic heterocycles. The summed E-state index contributed by atoms with van der Waals surface area (Å²) in [6.07, 6.45) is 0. The average molecular weight is 367 g/mol. The van der Waals surface area contributed by atoms with Crippen LogP contribution in [-0.4, -0.2) is 16.5 Å². The molecule has 0 fully saturated rings. The monoisotopic (exact) mass is 366 g/mol. The van der Waals surface area contributed by atoms with Crippen molar-refractivity contribution in [1.82, 2.24) is 9.97 Å². The summed E-state index contributed by atoms with van der Waals surface area (Å²) >= 11 is 6.23. The maximum atomic E-state index is 6.23. The molecule has 1 aromatic heterocycles. The van der Waals surface area contributed by atoms with E-state index in [9.17, 15) is 0 Å². The predicted octanol–water partition coefficient (Wildman–Crippen LogP) is 5.08. The van der Waals surface area contributed by atoms with Gasteiger partial charge >= 0.3 is 0 Å². The average Bonchev–Trinajstić information content (AvgIpc) is 2.66. The lowest BCUT2D eigenvalue weighted by atomic mass is 10.2. The van der Waals surface area contributed by atoms with E-state index in [2.05, 4.69) is 46.4 Å². The molecule has 134 valence electrons. The highest BCUT2D eigenvalue weighted by atomic mass is 35.5. The zero-order valence-electron chi connectivity index (χ0n) is 15.1. The molecule has 4 nitrogen and oxygen atoms in total. The number of hydrogen-bond donors (Lipinski definition) is 1. The van der Waals surface area contributed by atoms with E-state index in [-0.39, 0.29) is 0 Å². The fourth-order valence-corrected chi connectivity index (χ4v) is 2.97. The smallest absolute Gasteiger partial charge is 0.225 e. The summed E-state index contributed by atoms with van der Waals surface area (Å²) in [5, 5.41) is 4.04. The van der Waals surface area contributed by atoms with Crippen LogP contribution in [0, 0.1) is 6.92 Å². The first-order chi connectivity index (χ1) is 12.7. The van der Waals surface area contributed by atoms with Crippen LogP contribution in [0.25, 0.3) is 0 Å². The fourth-order valence-electron chi connectivity index (χ4n) is 2.77. The number of hydrogen-bond acceptors (Lipinski definition) is 4. The number of benzene rings is 2. The molecule has 0 radical (unpaired) electrons. The van der Waals surface area contributed by atoms with Crippen LogP contribution in [0.3, 0.4) is 0 Å². The summed E-state index contributed by atoms with van der Waals surface area (Å²) < 4.78 is 0. The molecule has 0 amide bonds. The van der Waals surface area contributed by atoms with Gasteiger partial charge in [-0.05, 0) is 31.0 Å². The first kappa shape index (κ1) is 18.2. The number of anilines is 2. The van der Waals surface area contributed by atoms with Crippen molar-refractivity contribution >= 4 is 23.4 Å². The summed E-state index contributed by atoms with van der Waals surface area (Å²) in [5.74, 6) is 1.54. The molecule has 0 spiro atoms. The molecule has 0 unspecified atom stereocenters. The van der Waals surface area contributed by atoms with Gasteiger partial charge in [-0.1, -0.05) is 60.1 Å². The molecular weight excluding hydrogens is 344 g/mol. The van der Waals surface area contributed by atoms with Crippen molar-refractivity contribution in [3.8, 4) is 0 Å². The summed E-state index contributed by atoms with van der Waals surface area (Å²) in [6.45, 7) is 6.40. The molecule has 0 saturated carbocycles. The van der Waals surface area contributed by atoms with E-state index >= 15 is 0 Å². The Kier molecular flexibility index (Phi) is 6.08. The van der Waals surface area contributed by atoms with Gasteiger partial charge in [-0.2, -0.15) is 4.98 Å². The minimum atomic E-state index is 0.591. The second kappa shape index (κ2) is 8.68. The number of nitrogens with one attached hydrogen (secondary N) is 1. The maximum Gasteiger partial charge on any atom is 0.225 e. The lowest BCUT2D eigenvalue weighted by Gasteiger charge is -2.23. The second-order valence-corrected chi connectivity index (χ2v) is 6.54. The van der Waals surface area contributed by atoms with Crippen molar-refractivity contribution in [3.05, 3.63) is 82.5 Å². The van der Waals surface area contributed by atoms with E-state index in [4.69, 9.17) is 16.6 Å². The van der Waals surface area contributed by atoms with Crippen LogP contribution >= 0.6 is 11.6 Å². The SMILES string of the molecule is CCN(Cc1ccccc1)c1cc(C)nc(NCc2ccccc2Cl)n1. The topological polar surface area (TPSA) is 41.1 Å². The molecule has 2 aromatic carbocycles.